The highest BCUT2D eigenvalue weighted by Crippen LogP contribution is 2.31. The average molecular weight is 251 g/mol. The lowest BCUT2D eigenvalue weighted by atomic mass is 10.2. The van der Waals surface area contributed by atoms with E-state index in [4.69, 9.17) is 10.5 Å². The van der Waals surface area contributed by atoms with Crippen molar-refractivity contribution < 1.29 is 4.74 Å². The molecule has 1 aromatic heterocycles. The Hall–Kier alpha value is -2.62. The van der Waals surface area contributed by atoms with Gasteiger partial charge in [-0.2, -0.15) is 10.2 Å². The third-order valence-electron chi connectivity index (χ3n) is 3.06. The van der Waals surface area contributed by atoms with Crippen molar-refractivity contribution in [1.29, 1.82) is 0 Å². The highest BCUT2D eigenvalue weighted by Gasteiger charge is 2.07. The van der Waals surface area contributed by atoms with Crippen molar-refractivity contribution in [3.05, 3.63) is 54.2 Å². The van der Waals surface area contributed by atoms with E-state index < -0.39 is 0 Å². The normalized spacial score (nSPS) is 10.6. The fraction of sp³-hybridized carbons (Fsp3) is 0.0667. The highest BCUT2D eigenvalue weighted by molar-refractivity contribution is 5.84. The summed E-state index contributed by atoms with van der Waals surface area (Å²) >= 11 is 0. The minimum absolute atomic E-state index is 0.680. The van der Waals surface area contributed by atoms with Crippen LogP contribution in [0.15, 0.2) is 48.7 Å². The van der Waals surface area contributed by atoms with Gasteiger partial charge in [0.05, 0.1) is 11.7 Å². The second-order valence-electron chi connectivity index (χ2n) is 4.30. The van der Waals surface area contributed by atoms with E-state index in [9.17, 15) is 0 Å². The Morgan fingerprint density at radius 3 is 2.74 bits per heavy atom. The average Bonchev–Trinajstić information content (AvgIpc) is 2.44. The lowest BCUT2D eigenvalue weighted by molar-refractivity contribution is 0.481. The van der Waals surface area contributed by atoms with Crippen LogP contribution in [-0.4, -0.2) is 10.2 Å². The second kappa shape index (κ2) is 4.57. The molecular formula is C15H13N3O. The van der Waals surface area contributed by atoms with Gasteiger partial charge in [0.2, 0.25) is 0 Å². The molecule has 2 N–H and O–H groups in total. The van der Waals surface area contributed by atoms with Crippen LogP contribution in [0.1, 0.15) is 5.56 Å². The first-order chi connectivity index (χ1) is 9.25. The molecule has 0 unspecified atom stereocenters. The van der Waals surface area contributed by atoms with Crippen molar-refractivity contribution in [3.8, 4) is 11.5 Å². The van der Waals surface area contributed by atoms with Gasteiger partial charge in [-0.15, -0.1) is 0 Å². The molecular weight excluding hydrogens is 238 g/mol. The van der Waals surface area contributed by atoms with E-state index in [1.165, 1.54) is 0 Å². The number of nitrogens with two attached hydrogens (primary N) is 1. The van der Waals surface area contributed by atoms with E-state index in [0.717, 1.165) is 22.2 Å². The summed E-state index contributed by atoms with van der Waals surface area (Å²) < 4.78 is 5.92. The van der Waals surface area contributed by atoms with Crippen LogP contribution in [0.3, 0.4) is 0 Å². The number of ether oxygens (including phenoxy) is 1. The fourth-order valence-electron chi connectivity index (χ4n) is 1.92. The Labute approximate surface area is 110 Å². The topological polar surface area (TPSA) is 61.0 Å². The summed E-state index contributed by atoms with van der Waals surface area (Å²) in [4.78, 5) is 0. The molecule has 3 rings (SSSR count). The summed E-state index contributed by atoms with van der Waals surface area (Å²) in [6, 6.07) is 13.3. The summed E-state index contributed by atoms with van der Waals surface area (Å²) in [6.45, 7) is 1.93. The molecule has 0 spiro atoms. The van der Waals surface area contributed by atoms with E-state index in [0.29, 0.717) is 11.4 Å². The van der Waals surface area contributed by atoms with Gasteiger partial charge in [0.1, 0.15) is 5.75 Å². The maximum atomic E-state index is 5.92. The molecule has 0 bridgehead atoms. The molecule has 4 nitrogen and oxygen atoms in total. The van der Waals surface area contributed by atoms with Crippen LogP contribution in [0, 0.1) is 6.92 Å². The van der Waals surface area contributed by atoms with Gasteiger partial charge in [-0.1, -0.05) is 18.2 Å². The number of anilines is 1. The van der Waals surface area contributed by atoms with Crippen LogP contribution in [0.5, 0.6) is 11.5 Å². The van der Waals surface area contributed by atoms with Crippen LogP contribution in [0.25, 0.3) is 10.9 Å². The fourth-order valence-corrected chi connectivity index (χ4v) is 1.92. The van der Waals surface area contributed by atoms with E-state index in [-0.39, 0.29) is 0 Å². The van der Waals surface area contributed by atoms with Gasteiger partial charge in [0.15, 0.2) is 5.75 Å². The molecule has 19 heavy (non-hydrogen) atoms. The van der Waals surface area contributed by atoms with E-state index >= 15 is 0 Å². The molecule has 0 saturated carbocycles. The molecule has 0 fully saturated rings. The van der Waals surface area contributed by atoms with Gasteiger partial charge in [-0.25, -0.2) is 0 Å². The smallest absolute Gasteiger partial charge is 0.157 e. The first kappa shape index (κ1) is 11.5. The minimum atomic E-state index is 0.680. The first-order valence-corrected chi connectivity index (χ1v) is 5.99. The number of hydrogen-bond acceptors (Lipinski definition) is 4. The lowest BCUT2D eigenvalue weighted by Gasteiger charge is -2.11. The summed E-state index contributed by atoms with van der Waals surface area (Å²) in [5, 5.41) is 8.95. The Balaban J connectivity index is 2.09. The largest absolute Gasteiger partial charge is 0.455 e. The molecule has 0 aliphatic heterocycles. The third-order valence-corrected chi connectivity index (χ3v) is 3.06. The standard InChI is InChI=1S/C15H13N3O/c1-10-12(16)6-4-8-14(10)19-15-9-17-18-13-7-3-2-5-11(13)15/h2-9H,16H2,1H3. The van der Waals surface area contributed by atoms with Crippen molar-refractivity contribution in [2.75, 3.05) is 5.73 Å². The number of aromatic nitrogens is 2. The molecule has 0 amide bonds. The van der Waals surface area contributed by atoms with Gasteiger partial charge in [-0.05, 0) is 31.2 Å². The molecule has 0 aliphatic carbocycles. The minimum Gasteiger partial charge on any atom is -0.455 e. The molecule has 1 heterocycles. The lowest BCUT2D eigenvalue weighted by Crippen LogP contribution is -1.95. The molecule has 0 radical (unpaired) electrons. The van der Waals surface area contributed by atoms with Crippen LogP contribution in [0.2, 0.25) is 0 Å². The number of hydrogen-bond donors (Lipinski definition) is 1. The predicted molar refractivity (Wildman–Crippen MR) is 75.2 cm³/mol. The Morgan fingerprint density at radius 1 is 1.00 bits per heavy atom. The van der Waals surface area contributed by atoms with Crippen molar-refractivity contribution in [3.63, 3.8) is 0 Å². The SMILES string of the molecule is Cc1c(N)cccc1Oc1cnnc2ccccc12. The number of rotatable bonds is 2. The van der Waals surface area contributed by atoms with Crippen LogP contribution >= 0.6 is 0 Å². The molecule has 3 aromatic rings. The number of benzene rings is 2. The zero-order valence-electron chi connectivity index (χ0n) is 10.5. The molecule has 4 heteroatoms. The van der Waals surface area contributed by atoms with Crippen molar-refractivity contribution in [2.24, 2.45) is 0 Å². The van der Waals surface area contributed by atoms with E-state index in [1.807, 2.05) is 49.4 Å². The second-order valence-corrected chi connectivity index (χ2v) is 4.30. The van der Waals surface area contributed by atoms with Crippen LogP contribution in [0.4, 0.5) is 5.69 Å². The zero-order chi connectivity index (χ0) is 13.2. The zero-order valence-corrected chi connectivity index (χ0v) is 10.5. The van der Waals surface area contributed by atoms with Crippen molar-refractivity contribution in [1.82, 2.24) is 10.2 Å². The first-order valence-electron chi connectivity index (χ1n) is 5.99. The van der Waals surface area contributed by atoms with Crippen molar-refractivity contribution >= 4 is 16.6 Å². The molecule has 94 valence electrons. The number of nitrogens with zero attached hydrogens (tertiary/aromatic N) is 2. The van der Waals surface area contributed by atoms with Gasteiger partial charge < -0.3 is 10.5 Å². The summed E-state index contributed by atoms with van der Waals surface area (Å²) in [6.07, 6.45) is 1.62. The Morgan fingerprint density at radius 2 is 1.84 bits per heavy atom. The molecule has 0 saturated heterocycles. The summed E-state index contributed by atoms with van der Waals surface area (Å²) in [7, 11) is 0. The maximum Gasteiger partial charge on any atom is 0.157 e. The third kappa shape index (κ3) is 2.08. The Bertz CT molecular complexity index is 735. The molecule has 0 atom stereocenters. The number of fused-ring (bicyclic) bond motifs is 1. The summed E-state index contributed by atoms with van der Waals surface area (Å²) in [5.41, 5.74) is 8.32. The van der Waals surface area contributed by atoms with Crippen molar-refractivity contribution in [2.45, 2.75) is 6.92 Å². The quantitative estimate of drug-likeness (QED) is 0.710. The highest BCUT2D eigenvalue weighted by atomic mass is 16.5. The molecule has 0 aliphatic rings. The van der Waals surface area contributed by atoms with E-state index in [2.05, 4.69) is 10.2 Å². The van der Waals surface area contributed by atoms with Gasteiger partial charge in [0.25, 0.3) is 0 Å². The monoisotopic (exact) mass is 251 g/mol. The summed E-state index contributed by atoms with van der Waals surface area (Å²) in [5.74, 6) is 1.41. The Kier molecular flexibility index (Phi) is 2.76. The van der Waals surface area contributed by atoms with Gasteiger partial charge in [-0.3, -0.25) is 0 Å². The molecule has 2 aromatic carbocycles. The van der Waals surface area contributed by atoms with Crippen LogP contribution < -0.4 is 10.5 Å². The van der Waals surface area contributed by atoms with Gasteiger partial charge >= 0.3 is 0 Å². The van der Waals surface area contributed by atoms with E-state index in [1.54, 1.807) is 6.20 Å². The number of nitrogen functional groups attached to an aromatic ring is 1. The van der Waals surface area contributed by atoms with Crippen LogP contribution in [-0.2, 0) is 0 Å². The predicted octanol–water partition coefficient (Wildman–Crippen LogP) is 3.31. The maximum absolute atomic E-state index is 5.92. The van der Waals surface area contributed by atoms with Gasteiger partial charge in [0, 0.05) is 16.6 Å².